The number of hydrogen-bond donors (Lipinski definition) is 1. The monoisotopic (exact) mass is 287 g/mol. The van der Waals surface area contributed by atoms with E-state index in [-0.39, 0.29) is 11.6 Å². The maximum Gasteiger partial charge on any atom is 0.266 e. The molecule has 21 heavy (non-hydrogen) atoms. The summed E-state index contributed by atoms with van der Waals surface area (Å²) in [4.78, 5) is 11.8. The van der Waals surface area contributed by atoms with Gasteiger partial charge in [0, 0.05) is 12.3 Å². The van der Waals surface area contributed by atoms with Gasteiger partial charge < -0.3 is 14.8 Å². The lowest BCUT2D eigenvalue weighted by molar-refractivity contribution is 0.171. The molecule has 1 aliphatic heterocycles. The van der Waals surface area contributed by atoms with Gasteiger partial charge in [-0.1, -0.05) is 6.07 Å². The first-order valence-corrected chi connectivity index (χ1v) is 6.87. The Morgan fingerprint density at radius 3 is 2.86 bits per heavy atom. The molecular weight excluding hydrogens is 270 g/mol. The summed E-state index contributed by atoms with van der Waals surface area (Å²) < 4.78 is 12.6. The first-order chi connectivity index (χ1) is 10.3. The standard InChI is InChI=1S/C15H17N3O3/c1-16-12(10-18-15(19)3-2-6-17-18)11-4-5-13-14(9-11)21-8-7-20-13/h2-6,9,12,16H,7-8,10H2,1H3. The van der Waals surface area contributed by atoms with E-state index in [1.54, 1.807) is 12.3 Å². The smallest absolute Gasteiger partial charge is 0.266 e. The fraction of sp³-hybridized carbons (Fsp3) is 0.333. The number of likely N-dealkylation sites (N-methyl/N-ethyl adjacent to an activating group) is 1. The van der Waals surface area contributed by atoms with Crippen LogP contribution in [-0.4, -0.2) is 30.0 Å². The predicted molar refractivity (Wildman–Crippen MR) is 77.7 cm³/mol. The van der Waals surface area contributed by atoms with Crippen LogP contribution in [0.2, 0.25) is 0 Å². The van der Waals surface area contributed by atoms with Crippen molar-refractivity contribution in [1.29, 1.82) is 0 Å². The van der Waals surface area contributed by atoms with E-state index in [4.69, 9.17) is 9.47 Å². The molecule has 2 aromatic rings. The second-order valence-corrected chi connectivity index (χ2v) is 4.79. The van der Waals surface area contributed by atoms with E-state index >= 15 is 0 Å². The van der Waals surface area contributed by atoms with Crippen molar-refractivity contribution in [1.82, 2.24) is 15.1 Å². The van der Waals surface area contributed by atoms with Gasteiger partial charge in [-0.3, -0.25) is 4.79 Å². The summed E-state index contributed by atoms with van der Waals surface area (Å²) in [7, 11) is 1.86. The third-order valence-electron chi connectivity index (χ3n) is 3.46. The van der Waals surface area contributed by atoms with Crippen LogP contribution in [0, 0.1) is 0 Å². The molecule has 1 aliphatic rings. The molecule has 1 unspecified atom stereocenters. The van der Waals surface area contributed by atoms with Gasteiger partial charge in [0.25, 0.3) is 5.56 Å². The Bertz CT molecular complexity index is 684. The predicted octanol–water partition coefficient (Wildman–Crippen LogP) is 0.975. The highest BCUT2D eigenvalue weighted by Crippen LogP contribution is 2.32. The lowest BCUT2D eigenvalue weighted by Crippen LogP contribution is -2.29. The normalized spacial score (nSPS) is 14.7. The molecule has 0 saturated carbocycles. The summed E-state index contributed by atoms with van der Waals surface area (Å²) in [6, 6.07) is 8.93. The molecule has 1 aromatic heterocycles. The van der Waals surface area contributed by atoms with Crippen molar-refractivity contribution in [2.45, 2.75) is 12.6 Å². The van der Waals surface area contributed by atoms with Crippen LogP contribution in [-0.2, 0) is 6.54 Å². The van der Waals surface area contributed by atoms with Gasteiger partial charge in [0.15, 0.2) is 11.5 Å². The van der Waals surface area contributed by atoms with Gasteiger partial charge in [0.1, 0.15) is 13.2 Å². The molecule has 110 valence electrons. The molecule has 1 N–H and O–H groups in total. The zero-order chi connectivity index (χ0) is 14.7. The van der Waals surface area contributed by atoms with Crippen molar-refractivity contribution in [3.8, 4) is 11.5 Å². The minimum atomic E-state index is -0.115. The first kappa shape index (κ1) is 13.6. The molecule has 1 atom stereocenters. The van der Waals surface area contributed by atoms with Crippen LogP contribution in [0.1, 0.15) is 11.6 Å². The van der Waals surface area contributed by atoms with E-state index in [0.717, 1.165) is 17.1 Å². The topological polar surface area (TPSA) is 65.4 Å². The molecule has 0 saturated heterocycles. The highest BCUT2D eigenvalue weighted by Gasteiger charge is 2.17. The van der Waals surface area contributed by atoms with Crippen molar-refractivity contribution in [3.05, 3.63) is 52.4 Å². The summed E-state index contributed by atoms with van der Waals surface area (Å²) in [5, 5.41) is 7.29. The van der Waals surface area contributed by atoms with Gasteiger partial charge in [-0.2, -0.15) is 5.10 Å². The second kappa shape index (κ2) is 5.97. The molecule has 0 aliphatic carbocycles. The number of nitrogens with zero attached hydrogens (tertiary/aromatic N) is 2. The van der Waals surface area contributed by atoms with Crippen LogP contribution >= 0.6 is 0 Å². The molecule has 0 fully saturated rings. The van der Waals surface area contributed by atoms with Gasteiger partial charge >= 0.3 is 0 Å². The summed E-state index contributed by atoms with van der Waals surface area (Å²) in [5.41, 5.74) is 0.912. The van der Waals surface area contributed by atoms with Crippen LogP contribution in [0.4, 0.5) is 0 Å². The lowest BCUT2D eigenvalue weighted by Gasteiger charge is -2.22. The lowest BCUT2D eigenvalue weighted by atomic mass is 10.1. The second-order valence-electron chi connectivity index (χ2n) is 4.79. The van der Waals surface area contributed by atoms with E-state index in [9.17, 15) is 4.79 Å². The molecular formula is C15H17N3O3. The Balaban J connectivity index is 1.86. The van der Waals surface area contributed by atoms with Crippen LogP contribution in [0.5, 0.6) is 11.5 Å². The molecule has 6 nitrogen and oxygen atoms in total. The highest BCUT2D eigenvalue weighted by molar-refractivity contribution is 5.44. The fourth-order valence-corrected chi connectivity index (χ4v) is 2.34. The third kappa shape index (κ3) is 2.90. The van der Waals surface area contributed by atoms with Crippen molar-refractivity contribution in [2.75, 3.05) is 20.3 Å². The third-order valence-corrected chi connectivity index (χ3v) is 3.46. The van der Waals surface area contributed by atoms with Crippen LogP contribution < -0.4 is 20.3 Å². The number of ether oxygens (including phenoxy) is 2. The van der Waals surface area contributed by atoms with Crippen LogP contribution in [0.25, 0.3) is 0 Å². The van der Waals surface area contributed by atoms with Gasteiger partial charge in [-0.05, 0) is 30.8 Å². The van der Waals surface area contributed by atoms with Crippen molar-refractivity contribution >= 4 is 0 Å². The molecule has 2 heterocycles. The number of aromatic nitrogens is 2. The van der Waals surface area contributed by atoms with E-state index in [2.05, 4.69) is 10.4 Å². The number of rotatable bonds is 4. The zero-order valence-electron chi connectivity index (χ0n) is 11.8. The average molecular weight is 287 g/mol. The van der Waals surface area contributed by atoms with Crippen molar-refractivity contribution in [2.24, 2.45) is 0 Å². The van der Waals surface area contributed by atoms with Gasteiger partial charge in [0.2, 0.25) is 0 Å². The molecule has 0 radical (unpaired) electrons. The van der Waals surface area contributed by atoms with Gasteiger partial charge in [-0.25, -0.2) is 4.68 Å². The molecule has 0 spiro atoms. The van der Waals surface area contributed by atoms with Crippen LogP contribution in [0.3, 0.4) is 0 Å². The molecule has 3 rings (SSSR count). The summed E-state index contributed by atoms with van der Waals surface area (Å²) in [6.07, 6.45) is 1.61. The Morgan fingerprint density at radius 1 is 1.29 bits per heavy atom. The summed E-state index contributed by atoms with van der Waals surface area (Å²) in [6.45, 7) is 1.58. The maximum atomic E-state index is 11.8. The van der Waals surface area contributed by atoms with E-state index in [1.807, 2.05) is 25.2 Å². The minimum Gasteiger partial charge on any atom is -0.486 e. The van der Waals surface area contributed by atoms with Crippen molar-refractivity contribution in [3.63, 3.8) is 0 Å². The van der Waals surface area contributed by atoms with E-state index in [0.29, 0.717) is 19.8 Å². The largest absolute Gasteiger partial charge is 0.486 e. The quantitative estimate of drug-likeness (QED) is 0.908. The summed E-state index contributed by atoms with van der Waals surface area (Å²) >= 11 is 0. The van der Waals surface area contributed by atoms with Crippen molar-refractivity contribution < 1.29 is 9.47 Å². The Morgan fingerprint density at radius 2 is 2.10 bits per heavy atom. The number of nitrogens with one attached hydrogen (secondary N) is 1. The Labute approximate surface area is 122 Å². The summed E-state index contributed by atoms with van der Waals surface area (Å²) in [5.74, 6) is 1.50. The highest BCUT2D eigenvalue weighted by atomic mass is 16.6. The first-order valence-electron chi connectivity index (χ1n) is 6.87. The van der Waals surface area contributed by atoms with E-state index < -0.39 is 0 Å². The zero-order valence-corrected chi connectivity index (χ0v) is 11.8. The maximum absolute atomic E-state index is 11.8. The van der Waals surface area contributed by atoms with Crippen LogP contribution in [0.15, 0.2) is 41.3 Å². The Hall–Kier alpha value is -2.34. The molecule has 0 amide bonds. The average Bonchev–Trinajstić information content (AvgIpc) is 2.54. The fourth-order valence-electron chi connectivity index (χ4n) is 2.34. The van der Waals surface area contributed by atoms with E-state index in [1.165, 1.54) is 10.7 Å². The minimum absolute atomic E-state index is 0.0339. The molecule has 0 bridgehead atoms. The SMILES string of the molecule is CNC(Cn1ncccc1=O)c1ccc2c(c1)OCCO2. The number of hydrogen-bond acceptors (Lipinski definition) is 5. The molecule has 1 aromatic carbocycles. The number of benzene rings is 1. The molecule has 6 heteroatoms. The van der Waals surface area contributed by atoms with Gasteiger partial charge in [-0.15, -0.1) is 0 Å². The Kier molecular flexibility index (Phi) is 3.87. The van der Waals surface area contributed by atoms with Gasteiger partial charge in [0.05, 0.1) is 12.6 Å². The number of fused-ring (bicyclic) bond motifs is 1.